The van der Waals surface area contributed by atoms with Crippen molar-refractivity contribution in [3.63, 3.8) is 0 Å². The molecule has 1 atom stereocenters. The third-order valence-corrected chi connectivity index (χ3v) is 4.92. The summed E-state index contributed by atoms with van der Waals surface area (Å²) < 4.78 is 5.69. The van der Waals surface area contributed by atoms with Gasteiger partial charge in [-0.15, -0.1) is 11.8 Å². The largest absolute Gasteiger partial charge is 0.428 e. The van der Waals surface area contributed by atoms with Crippen LogP contribution in [-0.4, -0.2) is 36.3 Å². The van der Waals surface area contributed by atoms with E-state index in [-0.39, 0.29) is 5.37 Å². The lowest BCUT2D eigenvalue weighted by Gasteiger charge is -2.22. The van der Waals surface area contributed by atoms with E-state index in [1.165, 1.54) is 5.56 Å². The molecule has 1 heterocycles. The van der Waals surface area contributed by atoms with Crippen molar-refractivity contribution in [3.8, 4) is 0 Å². The van der Waals surface area contributed by atoms with Crippen molar-refractivity contribution in [2.24, 2.45) is 0 Å². The molecule has 0 amide bonds. The lowest BCUT2D eigenvalue weighted by Crippen LogP contribution is -2.36. The number of nitrogens with one attached hydrogen (secondary N) is 1. The molecule has 0 radical (unpaired) electrons. The Balaban J connectivity index is 2.03. The Hall–Kier alpha value is -1.76. The van der Waals surface area contributed by atoms with E-state index in [9.17, 15) is 4.79 Å². The molecule has 1 unspecified atom stereocenters. The highest BCUT2D eigenvalue weighted by atomic mass is 35.5. The number of hydrogen-bond acceptors (Lipinski definition) is 6. The summed E-state index contributed by atoms with van der Waals surface area (Å²) in [6.07, 6.45) is 1.55. The third kappa shape index (κ3) is 6.20. The standard InChI is InChI=1S/C19H24ClN3O2S/c1-4-26-15(3)21-10-12-23(19-22-18(13-24)14(2)25-19)11-9-16-5-7-17(20)8-6-16/h4-8,13,15,21H,1,9-12H2,2-3H3. The third-order valence-electron chi connectivity index (χ3n) is 3.90. The SMILES string of the molecule is C=CSC(C)NCCN(CCc1ccc(Cl)cc1)c1nc(C=O)c(C)o1. The van der Waals surface area contributed by atoms with Crippen molar-refractivity contribution in [3.05, 3.63) is 58.3 Å². The Morgan fingerprint density at radius 2 is 2.12 bits per heavy atom. The summed E-state index contributed by atoms with van der Waals surface area (Å²) in [4.78, 5) is 17.4. The van der Waals surface area contributed by atoms with Crippen LogP contribution in [0.5, 0.6) is 0 Å². The quantitative estimate of drug-likeness (QED) is 0.453. The first-order valence-electron chi connectivity index (χ1n) is 8.45. The molecule has 0 spiro atoms. The molecule has 7 heteroatoms. The summed E-state index contributed by atoms with van der Waals surface area (Å²) >= 11 is 7.58. The van der Waals surface area contributed by atoms with E-state index >= 15 is 0 Å². The number of aryl methyl sites for hydroxylation is 1. The zero-order valence-electron chi connectivity index (χ0n) is 15.1. The molecule has 0 aliphatic heterocycles. The normalized spacial score (nSPS) is 12.0. The molecular formula is C19H24ClN3O2S. The van der Waals surface area contributed by atoms with Gasteiger partial charge in [0.1, 0.15) is 11.5 Å². The molecule has 0 aliphatic carbocycles. The molecule has 1 aromatic heterocycles. The second kappa shape index (κ2) is 10.4. The van der Waals surface area contributed by atoms with Crippen LogP contribution in [0.2, 0.25) is 5.02 Å². The van der Waals surface area contributed by atoms with E-state index < -0.39 is 0 Å². The minimum atomic E-state index is 0.280. The number of benzene rings is 1. The van der Waals surface area contributed by atoms with E-state index in [0.717, 1.165) is 30.8 Å². The van der Waals surface area contributed by atoms with Crippen molar-refractivity contribution < 1.29 is 9.21 Å². The Kier molecular flexibility index (Phi) is 8.22. The molecule has 2 rings (SSSR count). The summed E-state index contributed by atoms with van der Waals surface area (Å²) in [5, 5.41) is 6.25. The molecule has 1 aromatic carbocycles. The predicted molar refractivity (Wildman–Crippen MR) is 109 cm³/mol. The number of oxazole rings is 1. The highest BCUT2D eigenvalue weighted by Crippen LogP contribution is 2.18. The summed E-state index contributed by atoms with van der Waals surface area (Å²) in [6.45, 7) is 9.77. The summed E-state index contributed by atoms with van der Waals surface area (Å²) in [5.41, 5.74) is 1.53. The highest BCUT2D eigenvalue weighted by molar-refractivity contribution is 8.02. The maximum absolute atomic E-state index is 11.1. The summed E-state index contributed by atoms with van der Waals surface area (Å²) in [7, 11) is 0. The average molecular weight is 394 g/mol. The van der Waals surface area contributed by atoms with Gasteiger partial charge in [0.15, 0.2) is 6.29 Å². The fourth-order valence-corrected chi connectivity index (χ4v) is 3.08. The fraction of sp³-hybridized carbons (Fsp3) is 0.368. The highest BCUT2D eigenvalue weighted by Gasteiger charge is 2.16. The van der Waals surface area contributed by atoms with E-state index in [0.29, 0.717) is 24.0 Å². The maximum atomic E-state index is 11.1. The lowest BCUT2D eigenvalue weighted by atomic mass is 10.1. The molecule has 26 heavy (non-hydrogen) atoms. The first kappa shape index (κ1) is 20.6. The van der Waals surface area contributed by atoms with Crippen LogP contribution in [0, 0.1) is 6.92 Å². The van der Waals surface area contributed by atoms with Crippen LogP contribution in [0.1, 0.15) is 28.7 Å². The number of hydrogen-bond donors (Lipinski definition) is 1. The second-order valence-electron chi connectivity index (χ2n) is 5.82. The van der Waals surface area contributed by atoms with Gasteiger partial charge in [-0.1, -0.05) is 30.3 Å². The number of thioether (sulfide) groups is 1. The number of nitrogens with zero attached hydrogens (tertiary/aromatic N) is 2. The predicted octanol–water partition coefficient (Wildman–Crippen LogP) is 4.31. The minimum absolute atomic E-state index is 0.280. The van der Waals surface area contributed by atoms with Crippen molar-refractivity contribution in [2.75, 3.05) is 24.5 Å². The number of halogens is 1. The Bertz CT molecular complexity index is 718. The lowest BCUT2D eigenvalue weighted by molar-refractivity contribution is 0.111. The van der Waals surface area contributed by atoms with E-state index in [2.05, 4.69) is 23.8 Å². The van der Waals surface area contributed by atoms with Crippen LogP contribution in [0.4, 0.5) is 6.01 Å². The van der Waals surface area contributed by atoms with Crippen molar-refractivity contribution in [1.82, 2.24) is 10.3 Å². The van der Waals surface area contributed by atoms with Crippen LogP contribution in [0.25, 0.3) is 0 Å². The fourth-order valence-electron chi connectivity index (χ4n) is 2.45. The number of carbonyl (C=O) groups is 1. The maximum Gasteiger partial charge on any atom is 0.298 e. The first-order chi connectivity index (χ1) is 12.5. The minimum Gasteiger partial charge on any atom is -0.428 e. The van der Waals surface area contributed by atoms with E-state index in [4.69, 9.17) is 16.0 Å². The summed E-state index contributed by atoms with van der Waals surface area (Å²) in [6, 6.07) is 8.27. The van der Waals surface area contributed by atoms with Gasteiger partial charge < -0.3 is 14.6 Å². The molecule has 0 saturated carbocycles. The van der Waals surface area contributed by atoms with Crippen LogP contribution in [0.15, 0.2) is 40.7 Å². The van der Waals surface area contributed by atoms with Gasteiger partial charge in [-0.05, 0) is 43.4 Å². The van der Waals surface area contributed by atoms with Gasteiger partial charge in [0.05, 0.1) is 5.37 Å². The van der Waals surface area contributed by atoms with Gasteiger partial charge in [-0.2, -0.15) is 4.98 Å². The molecule has 0 aliphatic rings. The molecule has 0 bridgehead atoms. The zero-order chi connectivity index (χ0) is 18.9. The number of aldehydes is 1. The van der Waals surface area contributed by atoms with Gasteiger partial charge >= 0.3 is 0 Å². The number of rotatable bonds is 11. The van der Waals surface area contributed by atoms with Crippen LogP contribution < -0.4 is 10.2 Å². The second-order valence-corrected chi connectivity index (χ2v) is 7.57. The van der Waals surface area contributed by atoms with Crippen molar-refractivity contribution in [2.45, 2.75) is 25.6 Å². The van der Waals surface area contributed by atoms with Crippen LogP contribution >= 0.6 is 23.4 Å². The zero-order valence-corrected chi connectivity index (χ0v) is 16.6. The van der Waals surface area contributed by atoms with E-state index in [1.54, 1.807) is 18.7 Å². The first-order valence-corrected chi connectivity index (χ1v) is 9.77. The van der Waals surface area contributed by atoms with Gasteiger partial charge in [0, 0.05) is 24.7 Å². The van der Waals surface area contributed by atoms with Gasteiger partial charge in [0.25, 0.3) is 6.01 Å². The van der Waals surface area contributed by atoms with Gasteiger partial charge in [0.2, 0.25) is 0 Å². The Labute approximate surface area is 163 Å². The van der Waals surface area contributed by atoms with Crippen molar-refractivity contribution >= 4 is 35.7 Å². The van der Waals surface area contributed by atoms with Crippen LogP contribution in [0.3, 0.4) is 0 Å². The molecule has 140 valence electrons. The molecule has 1 N–H and O–H groups in total. The number of anilines is 1. The van der Waals surface area contributed by atoms with Crippen molar-refractivity contribution in [1.29, 1.82) is 0 Å². The van der Waals surface area contributed by atoms with Gasteiger partial charge in [-0.3, -0.25) is 4.79 Å². The molecule has 0 fully saturated rings. The Morgan fingerprint density at radius 1 is 1.38 bits per heavy atom. The smallest absolute Gasteiger partial charge is 0.298 e. The van der Waals surface area contributed by atoms with Crippen LogP contribution in [-0.2, 0) is 6.42 Å². The average Bonchev–Trinajstić information content (AvgIpc) is 3.00. The molecular weight excluding hydrogens is 370 g/mol. The Morgan fingerprint density at radius 3 is 2.73 bits per heavy atom. The molecule has 5 nitrogen and oxygen atoms in total. The topological polar surface area (TPSA) is 58.4 Å². The number of aromatic nitrogens is 1. The van der Waals surface area contributed by atoms with E-state index in [1.807, 2.05) is 34.6 Å². The monoisotopic (exact) mass is 393 g/mol. The molecule has 2 aromatic rings. The summed E-state index contributed by atoms with van der Waals surface area (Å²) in [5.74, 6) is 0.537. The van der Waals surface area contributed by atoms with Gasteiger partial charge in [-0.25, -0.2) is 0 Å². The molecule has 0 saturated heterocycles. The number of carbonyl (C=O) groups excluding carboxylic acids is 1.